The number of fused-ring (bicyclic) bond motifs is 1. The zero-order valence-electron chi connectivity index (χ0n) is 17.8. The Kier molecular flexibility index (Phi) is 6.28. The Morgan fingerprint density at radius 2 is 1.97 bits per heavy atom. The van der Waals surface area contributed by atoms with E-state index in [0.29, 0.717) is 17.9 Å². The topological polar surface area (TPSA) is 26.3 Å². The van der Waals surface area contributed by atoms with E-state index in [0.717, 1.165) is 48.1 Å². The summed E-state index contributed by atoms with van der Waals surface area (Å²) < 4.78 is 5.99. The molecule has 0 amide bonds. The van der Waals surface area contributed by atoms with Crippen molar-refractivity contribution in [1.82, 2.24) is 0 Å². The molecule has 2 aromatic carbocycles. The molecule has 0 bridgehead atoms. The van der Waals surface area contributed by atoms with Crippen molar-refractivity contribution in [3.05, 3.63) is 76.9 Å². The molecular formula is C27H30O2. The lowest BCUT2D eigenvalue weighted by atomic mass is 9.70. The molecule has 0 saturated heterocycles. The summed E-state index contributed by atoms with van der Waals surface area (Å²) in [5, 5.41) is 0. The summed E-state index contributed by atoms with van der Waals surface area (Å²) in [6.07, 6.45) is 10.2. The van der Waals surface area contributed by atoms with Crippen molar-refractivity contribution < 1.29 is 9.53 Å². The lowest BCUT2D eigenvalue weighted by Gasteiger charge is -2.27. The highest BCUT2D eigenvalue weighted by molar-refractivity contribution is 5.95. The van der Waals surface area contributed by atoms with E-state index in [4.69, 9.17) is 11.2 Å². The molecule has 3 rings (SSSR count). The Morgan fingerprint density at radius 1 is 1.24 bits per heavy atom. The third kappa shape index (κ3) is 3.75. The van der Waals surface area contributed by atoms with Crippen molar-refractivity contribution in [3.63, 3.8) is 0 Å². The van der Waals surface area contributed by atoms with Gasteiger partial charge in [0.15, 0.2) is 0 Å². The lowest BCUT2D eigenvalue weighted by Crippen LogP contribution is -2.35. The molecule has 0 fully saturated rings. The molecule has 29 heavy (non-hydrogen) atoms. The monoisotopic (exact) mass is 386 g/mol. The number of hydrogen-bond donors (Lipinski definition) is 0. The summed E-state index contributed by atoms with van der Waals surface area (Å²) in [6, 6.07) is 14.2. The second-order valence-electron chi connectivity index (χ2n) is 8.06. The number of ether oxygens (including phenoxy) is 1. The fourth-order valence-electron chi connectivity index (χ4n) is 4.18. The van der Waals surface area contributed by atoms with Crippen molar-refractivity contribution in [2.45, 2.75) is 64.2 Å². The maximum Gasteiger partial charge on any atom is 0.327 e. The second kappa shape index (κ2) is 8.70. The highest BCUT2D eigenvalue weighted by Crippen LogP contribution is 2.51. The number of carbonyl (C=O) groups excluding carboxylic acids is 1. The van der Waals surface area contributed by atoms with E-state index in [1.165, 1.54) is 5.56 Å². The van der Waals surface area contributed by atoms with Crippen LogP contribution in [0.3, 0.4) is 0 Å². The van der Waals surface area contributed by atoms with Crippen molar-refractivity contribution in [2.24, 2.45) is 0 Å². The van der Waals surface area contributed by atoms with E-state index in [1.54, 1.807) is 0 Å². The van der Waals surface area contributed by atoms with Crippen LogP contribution in [0.25, 0.3) is 0 Å². The van der Waals surface area contributed by atoms with Crippen LogP contribution in [-0.4, -0.2) is 5.97 Å². The Labute approximate surface area is 175 Å². The van der Waals surface area contributed by atoms with E-state index in [2.05, 4.69) is 45.4 Å². The fourth-order valence-corrected chi connectivity index (χ4v) is 4.18. The van der Waals surface area contributed by atoms with Crippen LogP contribution >= 0.6 is 0 Å². The molecule has 2 aromatic rings. The highest BCUT2D eigenvalue weighted by atomic mass is 16.5. The SMILES string of the molecule is C#CC(=C)CC1(c2ccccc2)C(=O)Oc2c(C(C)CC)cc(CCCC)cc21. The molecule has 0 aromatic heterocycles. The summed E-state index contributed by atoms with van der Waals surface area (Å²) in [5.41, 5.74) is 3.88. The number of hydrogen-bond acceptors (Lipinski definition) is 2. The Bertz CT molecular complexity index is 948. The molecule has 2 nitrogen and oxygen atoms in total. The maximum absolute atomic E-state index is 13.5. The van der Waals surface area contributed by atoms with E-state index in [1.807, 2.05) is 30.3 Å². The Morgan fingerprint density at radius 3 is 2.59 bits per heavy atom. The first kappa shape index (κ1) is 20.9. The summed E-state index contributed by atoms with van der Waals surface area (Å²) in [5.74, 6) is 3.40. The average Bonchev–Trinajstić information content (AvgIpc) is 3.03. The van der Waals surface area contributed by atoms with Crippen LogP contribution in [-0.2, 0) is 16.6 Å². The standard InChI is InChI=1S/C27H30O2/c1-6-9-13-21-16-23(20(5)8-3)25-24(17-21)27(26(28)29-25,18-19(4)7-2)22-14-11-10-12-15-22/h2,10-12,14-17,20H,4,6,8-9,13,18H2,1,3,5H3. The van der Waals surface area contributed by atoms with E-state index < -0.39 is 5.41 Å². The molecule has 0 aliphatic carbocycles. The number of aryl methyl sites for hydroxylation is 1. The number of esters is 1. The molecule has 0 saturated carbocycles. The van der Waals surface area contributed by atoms with Gasteiger partial charge in [0.25, 0.3) is 0 Å². The predicted octanol–water partition coefficient (Wildman–Crippen LogP) is 6.33. The molecule has 1 aliphatic heterocycles. The molecular weight excluding hydrogens is 356 g/mol. The molecule has 0 N–H and O–H groups in total. The minimum absolute atomic E-state index is 0.257. The van der Waals surface area contributed by atoms with Gasteiger partial charge in [-0.25, -0.2) is 0 Å². The van der Waals surface area contributed by atoms with Gasteiger partial charge in [-0.15, -0.1) is 6.42 Å². The quantitative estimate of drug-likeness (QED) is 0.301. The normalized spacial score (nSPS) is 18.6. The minimum Gasteiger partial charge on any atom is -0.425 e. The molecule has 0 radical (unpaired) electrons. The van der Waals surface area contributed by atoms with Crippen molar-refractivity contribution in [3.8, 4) is 18.1 Å². The van der Waals surface area contributed by atoms with Gasteiger partial charge in [-0.1, -0.05) is 82.2 Å². The first-order chi connectivity index (χ1) is 14.0. The van der Waals surface area contributed by atoms with Gasteiger partial charge in [0.1, 0.15) is 11.2 Å². The molecule has 1 aliphatic rings. The van der Waals surface area contributed by atoms with E-state index in [-0.39, 0.29) is 5.97 Å². The van der Waals surface area contributed by atoms with Crippen LogP contribution in [0, 0.1) is 12.3 Å². The molecule has 1 heterocycles. The summed E-state index contributed by atoms with van der Waals surface area (Å²) in [4.78, 5) is 13.5. The molecule has 2 unspecified atom stereocenters. The molecule has 150 valence electrons. The van der Waals surface area contributed by atoms with Crippen LogP contribution < -0.4 is 4.74 Å². The van der Waals surface area contributed by atoms with Gasteiger partial charge < -0.3 is 4.74 Å². The summed E-state index contributed by atoms with van der Waals surface area (Å²) in [6.45, 7) is 10.6. The number of rotatable bonds is 8. The van der Waals surface area contributed by atoms with Crippen molar-refractivity contribution in [2.75, 3.05) is 0 Å². The van der Waals surface area contributed by atoms with Crippen LogP contribution in [0.5, 0.6) is 5.75 Å². The lowest BCUT2D eigenvalue weighted by molar-refractivity contribution is -0.136. The van der Waals surface area contributed by atoms with Crippen molar-refractivity contribution in [1.29, 1.82) is 0 Å². The van der Waals surface area contributed by atoms with Gasteiger partial charge in [0.05, 0.1) is 0 Å². The minimum atomic E-state index is -0.940. The Hall–Kier alpha value is -2.79. The zero-order valence-corrected chi connectivity index (χ0v) is 17.8. The van der Waals surface area contributed by atoms with E-state index in [9.17, 15) is 4.79 Å². The zero-order chi connectivity index (χ0) is 21.0. The number of allylic oxidation sites excluding steroid dienone is 1. The van der Waals surface area contributed by atoms with Gasteiger partial charge in [0.2, 0.25) is 0 Å². The fraction of sp³-hybridized carbons (Fsp3) is 0.370. The third-order valence-electron chi connectivity index (χ3n) is 6.09. The van der Waals surface area contributed by atoms with E-state index >= 15 is 0 Å². The van der Waals surface area contributed by atoms with Crippen LogP contribution in [0.4, 0.5) is 0 Å². The molecule has 2 heteroatoms. The molecule has 2 atom stereocenters. The third-order valence-corrected chi connectivity index (χ3v) is 6.09. The van der Waals surface area contributed by atoms with Crippen LogP contribution in [0.2, 0.25) is 0 Å². The first-order valence-electron chi connectivity index (χ1n) is 10.6. The number of unbranched alkanes of at least 4 members (excludes halogenated alkanes) is 1. The number of carbonyl (C=O) groups is 1. The number of benzene rings is 2. The highest BCUT2D eigenvalue weighted by Gasteiger charge is 2.51. The number of terminal acetylenes is 1. The Balaban J connectivity index is 2.29. The predicted molar refractivity (Wildman–Crippen MR) is 119 cm³/mol. The van der Waals surface area contributed by atoms with Gasteiger partial charge in [-0.2, -0.15) is 0 Å². The summed E-state index contributed by atoms with van der Waals surface area (Å²) >= 11 is 0. The maximum atomic E-state index is 13.5. The first-order valence-corrected chi connectivity index (χ1v) is 10.6. The average molecular weight is 387 g/mol. The van der Waals surface area contributed by atoms with Crippen molar-refractivity contribution >= 4 is 5.97 Å². The van der Waals surface area contributed by atoms with Gasteiger partial charge in [-0.3, -0.25) is 4.79 Å². The van der Waals surface area contributed by atoms with Crippen LogP contribution in [0.1, 0.15) is 74.6 Å². The summed E-state index contributed by atoms with van der Waals surface area (Å²) in [7, 11) is 0. The second-order valence-corrected chi connectivity index (χ2v) is 8.06. The van der Waals surface area contributed by atoms with Gasteiger partial charge in [0, 0.05) is 12.0 Å². The van der Waals surface area contributed by atoms with Crippen LogP contribution in [0.15, 0.2) is 54.6 Å². The van der Waals surface area contributed by atoms with Gasteiger partial charge >= 0.3 is 5.97 Å². The molecule has 0 spiro atoms. The van der Waals surface area contributed by atoms with Gasteiger partial charge in [-0.05, 0) is 47.4 Å². The largest absolute Gasteiger partial charge is 0.425 e. The smallest absolute Gasteiger partial charge is 0.327 e.